The molecule has 1 aromatic rings. The molecule has 0 bridgehead atoms. The molecule has 1 N–H and O–H groups in total. The highest BCUT2D eigenvalue weighted by Gasteiger charge is 2.32. The zero-order valence-electron chi connectivity index (χ0n) is 12.3. The van der Waals surface area contributed by atoms with Crippen molar-refractivity contribution in [3.63, 3.8) is 0 Å². The lowest BCUT2D eigenvalue weighted by molar-refractivity contribution is -0.137. The third-order valence-corrected chi connectivity index (χ3v) is 4.90. The van der Waals surface area contributed by atoms with Crippen LogP contribution in [0.5, 0.6) is 0 Å². The molecule has 1 aliphatic rings. The highest BCUT2D eigenvalue weighted by molar-refractivity contribution is 7.99. The summed E-state index contributed by atoms with van der Waals surface area (Å²) >= 11 is 1.90. The molecule has 2 atom stereocenters. The molecule has 2 unspecified atom stereocenters. The fraction of sp³-hybridized carbons (Fsp3) is 0.600. The van der Waals surface area contributed by atoms with Gasteiger partial charge in [-0.3, -0.25) is 4.90 Å². The summed E-state index contributed by atoms with van der Waals surface area (Å²) in [6.45, 7) is 3.83. The number of nitrogens with one attached hydrogen (secondary N) is 1. The average molecular weight is 318 g/mol. The van der Waals surface area contributed by atoms with Gasteiger partial charge in [0.1, 0.15) is 0 Å². The number of alkyl halides is 3. The second-order valence-electron chi connectivity index (χ2n) is 5.28. The molecule has 0 amide bonds. The molecule has 6 heteroatoms. The van der Waals surface area contributed by atoms with Crippen LogP contribution in [0.25, 0.3) is 0 Å². The number of hydrogen-bond acceptors (Lipinski definition) is 3. The van der Waals surface area contributed by atoms with Gasteiger partial charge in [-0.1, -0.05) is 19.1 Å². The van der Waals surface area contributed by atoms with Gasteiger partial charge in [0, 0.05) is 30.1 Å². The molecule has 2 nitrogen and oxygen atoms in total. The molecule has 0 radical (unpaired) electrons. The monoisotopic (exact) mass is 318 g/mol. The quantitative estimate of drug-likeness (QED) is 0.916. The summed E-state index contributed by atoms with van der Waals surface area (Å²) < 4.78 is 38.0. The van der Waals surface area contributed by atoms with Crippen molar-refractivity contribution < 1.29 is 13.2 Å². The first-order chi connectivity index (χ1) is 9.93. The normalized spacial score (nSPS) is 22.2. The average Bonchev–Trinajstić information content (AvgIpc) is 2.45. The van der Waals surface area contributed by atoms with Crippen molar-refractivity contribution in [3.05, 3.63) is 35.4 Å². The predicted molar refractivity (Wildman–Crippen MR) is 81.6 cm³/mol. The van der Waals surface area contributed by atoms with E-state index in [4.69, 9.17) is 0 Å². The minimum absolute atomic E-state index is 0.0649. The molecular weight excluding hydrogens is 297 g/mol. The van der Waals surface area contributed by atoms with Gasteiger partial charge in [0.05, 0.1) is 5.56 Å². The second kappa shape index (κ2) is 7.03. The molecule has 1 aliphatic heterocycles. The third kappa shape index (κ3) is 4.14. The summed E-state index contributed by atoms with van der Waals surface area (Å²) in [5.74, 6) is 2.11. The van der Waals surface area contributed by atoms with Crippen LogP contribution in [0.2, 0.25) is 0 Å². The van der Waals surface area contributed by atoms with E-state index < -0.39 is 11.7 Å². The first-order valence-corrected chi connectivity index (χ1v) is 8.27. The standard InChI is InChI=1S/C15H21F3N2S/c1-3-19-14(13-10-21-9-8-20(13)2)11-4-6-12(7-5-11)15(16,17)18/h4-7,13-14,19H,3,8-10H2,1-2H3. The van der Waals surface area contributed by atoms with Crippen LogP contribution in [0.15, 0.2) is 24.3 Å². The van der Waals surface area contributed by atoms with E-state index >= 15 is 0 Å². The number of hydrogen-bond donors (Lipinski definition) is 1. The molecule has 118 valence electrons. The van der Waals surface area contributed by atoms with Crippen LogP contribution in [0, 0.1) is 0 Å². The van der Waals surface area contributed by atoms with Gasteiger partial charge in [-0.05, 0) is 31.3 Å². The maximum atomic E-state index is 12.7. The van der Waals surface area contributed by atoms with Crippen LogP contribution in [0.4, 0.5) is 13.2 Å². The van der Waals surface area contributed by atoms with Crippen LogP contribution in [0.1, 0.15) is 24.1 Å². The van der Waals surface area contributed by atoms with Crippen LogP contribution in [-0.4, -0.2) is 42.6 Å². The van der Waals surface area contributed by atoms with Gasteiger partial charge in [-0.2, -0.15) is 24.9 Å². The predicted octanol–water partition coefficient (Wildman–Crippen LogP) is 3.40. The Morgan fingerprint density at radius 2 is 2.00 bits per heavy atom. The molecule has 1 saturated heterocycles. The topological polar surface area (TPSA) is 15.3 Å². The number of benzene rings is 1. The number of likely N-dealkylation sites (N-methyl/N-ethyl adjacent to an activating group) is 2. The van der Waals surface area contributed by atoms with Gasteiger partial charge in [-0.15, -0.1) is 0 Å². The number of rotatable bonds is 4. The maximum absolute atomic E-state index is 12.7. The largest absolute Gasteiger partial charge is 0.416 e. The fourth-order valence-corrected chi connectivity index (χ4v) is 3.90. The van der Waals surface area contributed by atoms with Gasteiger partial charge >= 0.3 is 6.18 Å². The second-order valence-corrected chi connectivity index (χ2v) is 6.43. The van der Waals surface area contributed by atoms with Gasteiger partial charge in [-0.25, -0.2) is 0 Å². The maximum Gasteiger partial charge on any atom is 0.416 e. The van der Waals surface area contributed by atoms with E-state index in [2.05, 4.69) is 17.3 Å². The smallest absolute Gasteiger partial charge is 0.309 e. The summed E-state index contributed by atoms with van der Waals surface area (Å²) in [5, 5.41) is 3.42. The Morgan fingerprint density at radius 1 is 1.33 bits per heavy atom. The van der Waals surface area contributed by atoms with Crippen molar-refractivity contribution in [2.24, 2.45) is 0 Å². The van der Waals surface area contributed by atoms with E-state index in [1.807, 2.05) is 18.7 Å². The van der Waals surface area contributed by atoms with Crippen molar-refractivity contribution in [1.29, 1.82) is 0 Å². The molecule has 0 spiro atoms. The highest BCUT2D eigenvalue weighted by atomic mass is 32.2. The first-order valence-electron chi connectivity index (χ1n) is 7.12. The number of nitrogens with zero attached hydrogens (tertiary/aromatic N) is 1. The molecule has 1 heterocycles. The molecule has 0 aromatic heterocycles. The number of halogens is 3. The van der Waals surface area contributed by atoms with Gasteiger partial charge in [0.25, 0.3) is 0 Å². The highest BCUT2D eigenvalue weighted by Crippen LogP contribution is 2.32. The summed E-state index contributed by atoms with van der Waals surface area (Å²) in [7, 11) is 2.08. The minimum atomic E-state index is -4.27. The summed E-state index contributed by atoms with van der Waals surface area (Å²) in [6, 6.07) is 5.92. The Hall–Kier alpha value is -0.720. The van der Waals surface area contributed by atoms with E-state index in [9.17, 15) is 13.2 Å². The molecule has 21 heavy (non-hydrogen) atoms. The Labute approximate surface area is 128 Å². The Kier molecular flexibility index (Phi) is 5.57. The number of thioether (sulfide) groups is 1. The summed E-state index contributed by atoms with van der Waals surface area (Å²) in [5.41, 5.74) is 0.331. The van der Waals surface area contributed by atoms with E-state index in [1.54, 1.807) is 12.1 Å². The van der Waals surface area contributed by atoms with Crippen molar-refractivity contribution in [2.75, 3.05) is 31.6 Å². The van der Waals surface area contributed by atoms with Gasteiger partial charge in [0.15, 0.2) is 0 Å². The molecule has 1 fully saturated rings. The van der Waals surface area contributed by atoms with Crippen molar-refractivity contribution in [3.8, 4) is 0 Å². The van der Waals surface area contributed by atoms with Crippen LogP contribution in [-0.2, 0) is 6.18 Å². The molecule has 0 aliphatic carbocycles. The lowest BCUT2D eigenvalue weighted by atomic mass is 9.97. The van der Waals surface area contributed by atoms with Crippen molar-refractivity contribution in [1.82, 2.24) is 10.2 Å². The van der Waals surface area contributed by atoms with Gasteiger partial charge < -0.3 is 5.32 Å². The third-order valence-electron chi connectivity index (χ3n) is 3.85. The minimum Gasteiger partial charge on any atom is -0.309 e. The summed E-state index contributed by atoms with van der Waals surface area (Å²) in [4.78, 5) is 2.29. The van der Waals surface area contributed by atoms with Crippen molar-refractivity contribution >= 4 is 11.8 Å². The van der Waals surface area contributed by atoms with E-state index in [0.717, 1.165) is 30.2 Å². The molecule has 1 aromatic carbocycles. The van der Waals surface area contributed by atoms with Crippen LogP contribution in [0.3, 0.4) is 0 Å². The van der Waals surface area contributed by atoms with E-state index in [1.165, 1.54) is 12.1 Å². The van der Waals surface area contributed by atoms with E-state index in [0.29, 0.717) is 6.04 Å². The fourth-order valence-electron chi connectivity index (χ4n) is 2.63. The van der Waals surface area contributed by atoms with E-state index in [-0.39, 0.29) is 6.04 Å². The lowest BCUT2D eigenvalue weighted by Gasteiger charge is -2.38. The van der Waals surface area contributed by atoms with Crippen LogP contribution >= 0.6 is 11.8 Å². The molecule has 0 saturated carbocycles. The van der Waals surface area contributed by atoms with Crippen molar-refractivity contribution in [2.45, 2.75) is 25.2 Å². The zero-order valence-corrected chi connectivity index (χ0v) is 13.1. The zero-order chi connectivity index (χ0) is 15.5. The summed E-state index contributed by atoms with van der Waals surface area (Å²) in [6.07, 6.45) is -4.27. The Morgan fingerprint density at radius 3 is 2.52 bits per heavy atom. The van der Waals surface area contributed by atoms with Crippen LogP contribution < -0.4 is 5.32 Å². The SMILES string of the molecule is CCNC(c1ccc(C(F)(F)F)cc1)C1CSCCN1C. The van der Waals surface area contributed by atoms with Gasteiger partial charge in [0.2, 0.25) is 0 Å². The first kappa shape index (κ1) is 16.6. The molecular formula is C15H21F3N2S. The Balaban J connectivity index is 2.21. The Bertz CT molecular complexity index is 447. The molecule has 2 rings (SSSR count). The lowest BCUT2D eigenvalue weighted by Crippen LogP contribution is -2.47.